The van der Waals surface area contributed by atoms with E-state index in [1.807, 2.05) is 0 Å². The molecular weight excluding hydrogens is 471 g/mol. The normalized spacial score (nSPS) is 16.2. The molecule has 1 aliphatic rings. The SMILES string of the molecule is O=c1cc(-c2ccc(C(F)(F)F)cc2OCCC2(NS(=O)[O-])CC2)oc2c(Cl)cccc12. The summed E-state index contributed by atoms with van der Waals surface area (Å²) in [5, 5.41) is 0.422. The Morgan fingerprint density at radius 2 is 1.97 bits per heavy atom. The fourth-order valence-electron chi connectivity index (χ4n) is 3.38. The summed E-state index contributed by atoms with van der Waals surface area (Å²) in [6, 6.07) is 8.67. The van der Waals surface area contributed by atoms with Crippen LogP contribution in [0.4, 0.5) is 13.2 Å². The zero-order valence-electron chi connectivity index (χ0n) is 16.3. The molecule has 6 nitrogen and oxygen atoms in total. The van der Waals surface area contributed by atoms with Gasteiger partial charge in [0.2, 0.25) is 0 Å². The zero-order valence-corrected chi connectivity index (χ0v) is 17.9. The summed E-state index contributed by atoms with van der Waals surface area (Å²) >= 11 is 3.67. The Kier molecular flexibility index (Phi) is 6.06. The van der Waals surface area contributed by atoms with Crippen LogP contribution in [0.1, 0.15) is 24.8 Å². The van der Waals surface area contributed by atoms with Gasteiger partial charge in [-0.3, -0.25) is 9.00 Å². The van der Waals surface area contributed by atoms with Gasteiger partial charge in [-0.25, -0.2) is 4.72 Å². The fraction of sp³-hybridized carbons (Fsp3) is 0.286. The number of rotatable bonds is 7. The molecule has 0 spiro atoms. The molecule has 0 radical (unpaired) electrons. The van der Waals surface area contributed by atoms with Crippen LogP contribution < -0.4 is 14.9 Å². The van der Waals surface area contributed by atoms with Crippen LogP contribution in [-0.4, -0.2) is 20.9 Å². The molecular formula is C21H16ClF3NO5S-. The topological polar surface area (TPSA) is 91.6 Å². The van der Waals surface area contributed by atoms with Crippen LogP contribution in [-0.2, 0) is 17.4 Å². The predicted molar refractivity (Wildman–Crippen MR) is 112 cm³/mol. The molecule has 2 aromatic carbocycles. The van der Waals surface area contributed by atoms with Crippen molar-refractivity contribution in [2.75, 3.05) is 6.61 Å². The van der Waals surface area contributed by atoms with E-state index >= 15 is 0 Å². The first kappa shape index (κ1) is 22.8. The smallest absolute Gasteiger partial charge is 0.416 e. The molecule has 1 fully saturated rings. The number of nitrogens with one attached hydrogen (secondary N) is 1. The van der Waals surface area contributed by atoms with Gasteiger partial charge < -0.3 is 13.7 Å². The van der Waals surface area contributed by atoms with Gasteiger partial charge in [-0.15, -0.1) is 0 Å². The van der Waals surface area contributed by atoms with Gasteiger partial charge in [-0.1, -0.05) is 17.7 Å². The zero-order chi connectivity index (χ0) is 23.1. The number of para-hydroxylation sites is 1. The lowest BCUT2D eigenvalue weighted by Crippen LogP contribution is -2.34. The third-order valence-electron chi connectivity index (χ3n) is 5.27. The third kappa shape index (κ3) is 4.83. The Balaban J connectivity index is 1.70. The molecule has 0 amide bonds. The van der Waals surface area contributed by atoms with Gasteiger partial charge >= 0.3 is 6.18 Å². The Morgan fingerprint density at radius 1 is 1.22 bits per heavy atom. The second kappa shape index (κ2) is 8.51. The highest BCUT2D eigenvalue weighted by Crippen LogP contribution is 2.41. The van der Waals surface area contributed by atoms with Crippen LogP contribution in [0.2, 0.25) is 5.02 Å². The van der Waals surface area contributed by atoms with Crippen molar-refractivity contribution in [3.05, 3.63) is 63.3 Å². The van der Waals surface area contributed by atoms with Crippen molar-refractivity contribution < 1.29 is 31.1 Å². The first-order valence-electron chi connectivity index (χ1n) is 9.52. The van der Waals surface area contributed by atoms with E-state index in [-0.39, 0.29) is 46.1 Å². The molecule has 1 saturated carbocycles. The standard InChI is InChI=1S/C21H17ClF3NO5S/c22-15-3-1-2-13-16(27)11-18(31-19(13)15)14-5-4-12(21(23,24)25)10-17(14)30-9-8-20(6-7-20)26-32(28)29/h1-5,10-11,26H,6-9H2,(H,28,29)/p-1. The van der Waals surface area contributed by atoms with Gasteiger partial charge in [-0.05, 0) is 43.2 Å². The van der Waals surface area contributed by atoms with E-state index in [2.05, 4.69) is 4.72 Å². The summed E-state index contributed by atoms with van der Waals surface area (Å²) < 4.78 is 75.4. The van der Waals surface area contributed by atoms with Crippen molar-refractivity contribution in [3.8, 4) is 17.1 Å². The molecule has 0 saturated heterocycles. The molecule has 1 atom stereocenters. The van der Waals surface area contributed by atoms with E-state index in [0.717, 1.165) is 18.2 Å². The van der Waals surface area contributed by atoms with Crippen molar-refractivity contribution in [1.82, 2.24) is 4.72 Å². The highest BCUT2D eigenvalue weighted by Gasteiger charge is 2.42. The highest BCUT2D eigenvalue weighted by atomic mass is 35.5. The van der Waals surface area contributed by atoms with E-state index in [9.17, 15) is 26.7 Å². The molecule has 1 aromatic heterocycles. The molecule has 0 aliphatic heterocycles. The number of benzene rings is 2. The van der Waals surface area contributed by atoms with Gasteiger partial charge in [0.15, 0.2) is 11.0 Å². The Hall–Kier alpha value is -2.40. The maximum Gasteiger partial charge on any atom is 0.416 e. The molecule has 1 unspecified atom stereocenters. The van der Waals surface area contributed by atoms with Gasteiger partial charge in [0.25, 0.3) is 0 Å². The molecule has 1 N–H and O–H groups in total. The van der Waals surface area contributed by atoms with Crippen molar-refractivity contribution in [3.63, 3.8) is 0 Å². The predicted octanol–water partition coefficient (Wildman–Crippen LogP) is 4.82. The molecule has 170 valence electrons. The van der Waals surface area contributed by atoms with Crippen molar-refractivity contribution in [1.29, 1.82) is 0 Å². The monoisotopic (exact) mass is 486 g/mol. The minimum Gasteiger partial charge on any atom is -0.760 e. The van der Waals surface area contributed by atoms with E-state index in [4.69, 9.17) is 20.8 Å². The number of ether oxygens (including phenoxy) is 1. The Labute approximate surface area is 187 Å². The molecule has 11 heteroatoms. The summed E-state index contributed by atoms with van der Waals surface area (Å²) in [7, 11) is 0. The second-order valence-electron chi connectivity index (χ2n) is 7.52. The maximum atomic E-state index is 13.3. The molecule has 1 aliphatic carbocycles. The number of hydrogen-bond acceptors (Lipinski definition) is 5. The van der Waals surface area contributed by atoms with Gasteiger partial charge in [0, 0.05) is 29.3 Å². The molecule has 3 aromatic rings. The first-order valence-corrected chi connectivity index (χ1v) is 11.0. The highest BCUT2D eigenvalue weighted by molar-refractivity contribution is 7.77. The van der Waals surface area contributed by atoms with Crippen LogP contribution in [0.3, 0.4) is 0 Å². The van der Waals surface area contributed by atoms with Gasteiger partial charge in [0.05, 0.1) is 28.1 Å². The average Bonchev–Trinajstić information content (AvgIpc) is 3.46. The molecule has 1 heterocycles. The largest absolute Gasteiger partial charge is 0.760 e. The Morgan fingerprint density at radius 3 is 2.62 bits per heavy atom. The minimum atomic E-state index is -4.61. The minimum absolute atomic E-state index is 0.000698. The molecule has 32 heavy (non-hydrogen) atoms. The lowest BCUT2D eigenvalue weighted by Gasteiger charge is -2.20. The van der Waals surface area contributed by atoms with Crippen molar-refractivity contribution >= 4 is 33.8 Å². The summed E-state index contributed by atoms with van der Waals surface area (Å²) in [6.07, 6.45) is -3.12. The van der Waals surface area contributed by atoms with E-state index in [1.165, 1.54) is 18.2 Å². The van der Waals surface area contributed by atoms with Crippen LogP contribution >= 0.6 is 11.6 Å². The summed E-state index contributed by atoms with van der Waals surface area (Å²) in [5.41, 5.74) is -1.73. The van der Waals surface area contributed by atoms with E-state index in [1.54, 1.807) is 6.07 Å². The number of alkyl halides is 3. The number of halogens is 4. The van der Waals surface area contributed by atoms with Crippen molar-refractivity contribution in [2.45, 2.75) is 31.0 Å². The fourth-order valence-corrected chi connectivity index (χ4v) is 4.26. The van der Waals surface area contributed by atoms with E-state index in [0.29, 0.717) is 12.8 Å². The maximum absolute atomic E-state index is 13.3. The van der Waals surface area contributed by atoms with Crippen LogP contribution in [0.15, 0.2) is 51.7 Å². The van der Waals surface area contributed by atoms with E-state index < -0.39 is 34.0 Å². The first-order chi connectivity index (χ1) is 15.1. The van der Waals surface area contributed by atoms with Crippen LogP contribution in [0, 0.1) is 0 Å². The summed E-state index contributed by atoms with van der Waals surface area (Å²) in [4.78, 5) is 12.5. The second-order valence-corrected chi connectivity index (χ2v) is 8.60. The molecule has 0 bridgehead atoms. The van der Waals surface area contributed by atoms with Crippen LogP contribution in [0.25, 0.3) is 22.3 Å². The number of fused-ring (bicyclic) bond motifs is 1. The third-order valence-corrected chi connectivity index (χ3v) is 6.17. The lowest BCUT2D eigenvalue weighted by molar-refractivity contribution is -0.137. The number of hydrogen-bond donors (Lipinski definition) is 1. The lowest BCUT2D eigenvalue weighted by atomic mass is 10.1. The Bertz CT molecular complexity index is 1260. The summed E-state index contributed by atoms with van der Waals surface area (Å²) in [6.45, 7) is -0.0446. The van der Waals surface area contributed by atoms with Crippen LogP contribution in [0.5, 0.6) is 5.75 Å². The van der Waals surface area contributed by atoms with Gasteiger partial charge in [-0.2, -0.15) is 13.2 Å². The van der Waals surface area contributed by atoms with Gasteiger partial charge in [0.1, 0.15) is 11.5 Å². The molecule has 4 rings (SSSR count). The van der Waals surface area contributed by atoms with Crippen molar-refractivity contribution in [2.24, 2.45) is 0 Å². The summed E-state index contributed by atoms with van der Waals surface area (Å²) in [5.74, 6) is -0.146. The average molecular weight is 487 g/mol. The quantitative estimate of drug-likeness (QED) is 0.483.